The molecule has 2 atom stereocenters. The van der Waals surface area contributed by atoms with E-state index in [-0.39, 0.29) is 29.8 Å². The second-order valence-electron chi connectivity index (χ2n) is 6.72. The van der Waals surface area contributed by atoms with Gasteiger partial charge in [0.15, 0.2) is 0 Å². The molecular weight excluding hydrogens is 292 g/mol. The maximum Gasteiger partial charge on any atom is 0.225 e. The molecule has 0 saturated carbocycles. The van der Waals surface area contributed by atoms with Gasteiger partial charge in [-0.15, -0.1) is 0 Å². The summed E-state index contributed by atoms with van der Waals surface area (Å²) in [5.74, 6) is -0.214. The molecule has 0 aliphatic carbocycles. The van der Waals surface area contributed by atoms with Crippen molar-refractivity contribution in [1.82, 2.24) is 20.0 Å². The Balaban J connectivity index is 2.11. The van der Waals surface area contributed by atoms with Crippen LogP contribution in [0.1, 0.15) is 56.6 Å². The molecule has 1 aromatic heterocycles. The minimum absolute atomic E-state index is 0.0315. The van der Waals surface area contributed by atoms with Crippen molar-refractivity contribution in [2.45, 2.75) is 59.5 Å². The largest absolute Gasteiger partial charge is 0.349 e. The van der Waals surface area contributed by atoms with E-state index in [1.165, 1.54) is 0 Å². The fourth-order valence-electron chi connectivity index (χ4n) is 3.37. The first-order valence-corrected chi connectivity index (χ1v) is 8.36. The van der Waals surface area contributed by atoms with Crippen LogP contribution < -0.4 is 5.32 Å². The summed E-state index contributed by atoms with van der Waals surface area (Å²) in [5, 5.41) is 7.56. The predicted octanol–water partition coefficient (Wildman–Crippen LogP) is 1.86. The van der Waals surface area contributed by atoms with E-state index in [1.807, 2.05) is 39.4 Å². The Labute approximate surface area is 138 Å². The molecule has 0 aromatic carbocycles. The average molecular weight is 320 g/mol. The van der Waals surface area contributed by atoms with Crippen molar-refractivity contribution >= 4 is 11.8 Å². The van der Waals surface area contributed by atoms with E-state index >= 15 is 0 Å². The third-order valence-electron chi connectivity index (χ3n) is 4.79. The summed E-state index contributed by atoms with van der Waals surface area (Å²) >= 11 is 0. The molecule has 2 heterocycles. The van der Waals surface area contributed by atoms with Crippen LogP contribution in [0.3, 0.4) is 0 Å². The summed E-state index contributed by atoms with van der Waals surface area (Å²) in [6.07, 6.45) is 1.11. The smallest absolute Gasteiger partial charge is 0.225 e. The van der Waals surface area contributed by atoms with E-state index in [2.05, 4.69) is 17.3 Å². The van der Waals surface area contributed by atoms with Gasteiger partial charge in [-0.25, -0.2) is 0 Å². The third-order valence-corrected chi connectivity index (χ3v) is 4.79. The molecule has 6 nitrogen and oxygen atoms in total. The van der Waals surface area contributed by atoms with E-state index in [9.17, 15) is 9.59 Å². The van der Waals surface area contributed by atoms with Gasteiger partial charge in [0.1, 0.15) is 0 Å². The second kappa shape index (κ2) is 6.72. The maximum absolute atomic E-state index is 12.6. The van der Waals surface area contributed by atoms with Gasteiger partial charge in [0.2, 0.25) is 11.8 Å². The Hall–Kier alpha value is -1.85. The molecule has 0 radical (unpaired) electrons. The van der Waals surface area contributed by atoms with Crippen molar-refractivity contribution in [3.8, 4) is 0 Å². The maximum atomic E-state index is 12.6. The highest BCUT2D eigenvalue weighted by Gasteiger charge is 2.36. The number of carbonyl (C=O) groups excluding carboxylic acids is 2. The highest BCUT2D eigenvalue weighted by molar-refractivity contribution is 5.89. The number of nitrogens with zero attached hydrogens (tertiary/aromatic N) is 3. The van der Waals surface area contributed by atoms with Crippen LogP contribution in [0, 0.1) is 19.8 Å². The molecule has 1 saturated heterocycles. The number of likely N-dealkylation sites (tertiary alicyclic amines) is 1. The molecule has 0 bridgehead atoms. The van der Waals surface area contributed by atoms with Crippen LogP contribution in [0.15, 0.2) is 0 Å². The SMILES string of the molecule is CC[C@H](NC(=O)[C@H]1CC(=O)N(C(C)C)C1)c1c(C)nn(C)c1C. The van der Waals surface area contributed by atoms with E-state index in [4.69, 9.17) is 0 Å². The normalized spacial score (nSPS) is 19.5. The van der Waals surface area contributed by atoms with E-state index in [1.54, 1.807) is 4.90 Å². The van der Waals surface area contributed by atoms with Crippen molar-refractivity contribution in [3.63, 3.8) is 0 Å². The van der Waals surface area contributed by atoms with Gasteiger partial charge in [-0.3, -0.25) is 14.3 Å². The van der Waals surface area contributed by atoms with Gasteiger partial charge in [0.05, 0.1) is 17.7 Å². The van der Waals surface area contributed by atoms with Gasteiger partial charge in [0, 0.05) is 37.3 Å². The molecular formula is C17H28N4O2. The Morgan fingerprint density at radius 1 is 1.39 bits per heavy atom. The lowest BCUT2D eigenvalue weighted by Crippen LogP contribution is -2.37. The van der Waals surface area contributed by atoms with Crippen LogP contribution in [0.2, 0.25) is 0 Å². The summed E-state index contributed by atoms with van der Waals surface area (Å²) in [7, 11) is 1.91. The molecule has 1 N–H and O–H groups in total. The van der Waals surface area contributed by atoms with Crippen molar-refractivity contribution in [2.75, 3.05) is 6.54 Å². The molecule has 0 spiro atoms. The van der Waals surface area contributed by atoms with Crippen LogP contribution in [0.5, 0.6) is 0 Å². The molecule has 1 aliphatic heterocycles. The molecule has 2 rings (SSSR count). The number of aromatic nitrogens is 2. The quantitative estimate of drug-likeness (QED) is 0.900. The first kappa shape index (κ1) is 17.5. The first-order valence-electron chi connectivity index (χ1n) is 8.36. The standard InChI is InChI=1S/C17H28N4O2/c1-7-14(16-11(4)19-20(6)12(16)5)18-17(23)13-8-15(22)21(9-13)10(2)3/h10,13-14H,7-9H2,1-6H3,(H,18,23)/t13-,14-/m0/s1. The number of aryl methyl sites for hydroxylation is 2. The average Bonchev–Trinajstić information content (AvgIpc) is 2.98. The fourth-order valence-corrected chi connectivity index (χ4v) is 3.37. The zero-order valence-corrected chi connectivity index (χ0v) is 15.0. The van der Waals surface area contributed by atoms with Gasteiger partial charge >= 0.3 is 0 Å². The van der Waals surface area contributed by atoms with Gasteiger partial charge in [0.25, 0.3) is 0 Å². The Morgan fingerprint density at radius 3 is 2.48 bits per heavy atom. The van der Waals surface area contributed by atoms with E-state index in [0.29, 0.717) is 13.0 Å². The first-order chi connectivity index (χ1) is 10.8. The number of amides is 2. The minimum atomic E-state index is -0.253. The highest BCUT2D eigenvalue weighted by atomic mass is 16.2. The number of nitrogens with one attached hydrogen (secondary N) is 1. The molecule has 1 aromatic rings. The van der Waals surface area contributed by atoms with Crippen LogP contribution in [-0.2, 0) is 16.6 Å². The summed E-state index contributed by atoms with van der Waals surface area (Å²) in [6, 6.07) is 0.0875. The molecule has 2 amide bonds. The molecule has 1 aliphatic rings. The molecule has 128 valence electrons. The number of carbonyl (C=O) groups is 2. The van der Waals surface area contributed by atoms with Crippen molar-refractivity contribution < 1.29 is 9.59 Å². The van der Waals surface area contributed by atoms with Crippen molar-refractivity contribution in [3.05, 3.63) is 17.0 Å². The molecule has 6 heteroatoms. The topological polar surface area (TPSA) is 67.2 Å². The number of hydrogen-bond donors (Lipinski definition) is 1. The van der Waals surface area contributed by atoms with Crippen molar-refractivity contribution in [2.24, 2.45) is 13.0 Å². The van der Waals surface area contributed by atoms with Crippen LogP contribution in [0.25, 0.3) is 0 Å². The lowest BCUT2D eigenvalue weighted by atomic mass is 10.0. The fraction of sp³-hybridized carbons (Fsp3) is 0.706. The molecule has 23 heavy (non-hydrogen) atoms. The summed E-state index contributed by atoms with van der Waals surface area (Å²) in [5.41, 5.74) is 3.11. The summed E-state index contributed by atoms with van der Waals surface area (Å²) in [6.45, 7) is 10.5. The third kappa shape index (κ3) is 3.41. The summed E-state index contributed by atoms with van der Waals surface area (Å²) in [4.78, 5) is 26.4. The summed E-state index contributed by atoms with van der Waals surface area (Å²) < 4.78 is 1.85. The van der Waals surface area contributed by atoms with Crippen LogP contribution >= 0.6 is 0 Å². The monoisotopic (exact) mass is 320 g/mol. The molecule has 1 fully saturated rings. The second-order valence-corrected chi connectivity index (χ2v) is 6.72. The van der Waals surface area contributed by atoms with E-state index < -0.39 is 0 Å². The molecule has 0 unspecified atom stereocenters. The highest BCUT2D eigenvalue weighted by Crippen LogP contribution is 2.26. The predicted molar refractivity (Wildman–Crippen MR) is 88.8 cm³/mol. The zero-order valence-electron chi connectivity index (χ0n) is 15.0. The Kier molecular flexibility index (Phi) is 5.12. The van der Waals surface area contributed by atoms with E-state index in [0.717, 1.165) is 23.4 Å². The lowest BCUT2D eigenvalue weighted by Gasteiger charge is -2.22. The Morgan fingerprint density at radius 2 is 2.04 bits per heavy atom. The van der Waals surface area contributed by atoms with Crippen LogP contribution in [0.4, 0.5) is 0 Å². The number of rotatable bonds is 5. The van der Waals surface area contributed by atoms with Crippen molar-refractivity contribution in [1.29, 1.82) is 0 Å². The lowest BCUT2D eigenvalue weighted by molar-refractivity contribution is -0.130. The van der Waals surface area contributed by atoms with Crippen LogP contribution in [-0.4, -0.2) is 39.1 Å². The van der Waals surface area contributed by atoms with Gasteiger partial charge in [-0.05, 0) is 34.1 Å². The Bertz CT molecular complexity index is 606. The number of hydrogen-bond acceptors (Lipinski definition) is 3. The van der Waals surface area contributed by atoms with Gasteiger partial charge < -0.3 is 10.2 Å². The zero-order chi connectivity index (χ0) is 17.3. The van der Waals surface area contributed by atoms with Gasteiger partial charge in [-0.1, -0.05) is 6.92 Å². The van der Waals surface area contributed by atoms with Gasteiger partial charge in [-0.2, -0.15) is 5.10 Å². The minimum Gasteiger partial charge on any atom is -0.349 e.